The molecule has 0 fully saturated rings. The van der Waals surface area contributed by atoms with E-state index in [1.165, 1.54) is 6.92 Å². The Balaban J connectivity index is 1.61. The number of benzene rings is 1. The van der Waals surface area contributed by atoms with E-state index in [-0.39, 0.29) is 18.6 Å². The van der Waals surface area contributed by atoms with Gasteiger partial charge in [0, 0.05) is 30.0 Å². The smallest absolute Gasteiger partial charge is 0.355 e. The van der Waals surface area contributed by atoms with Crippen LogP contribution in [-0.2, 0) is 37.8 Å². The third-order valence-electron chi connectivity index (χ3n) is 7.71. The van der Waals surface area contributed by atoms with Gasteiger partial charge in [0.1, 0.15) is 6.61 Å². The number of anilines is 2. The second-order valence-electron chi connectivity index (χ2n) is 9.94. The first-order valence-electron chi connectivity index (χ1n) is 13.0. The molecule has 0 saturated heterocycles. The second-order valence-corrected chi connectivity index (χ2v) is 10.3. The fourth-order valence-corrected chi connectivity index (χ4v) is 6.22. The number of aromatic nitrogens is 2. The number of carbonyl (C=O) groups is 2. The standard InChI is InChI=1S/C28H28N4O5S/c1-4-6-7-11-31-24-16-13-32-21(23(16)29-19-9-8-10-20(22(19)24)30-27(31)38)12-18-17(25(32)34)14-36-26(35)28(18,5-2)37-15(3)33/h8-10,12H,4-7,11,13-14H2,1-3H3,(H,30,38)/t28-/m0/s1. The fourth-order valence-electron chi connectivity index (χ4n) is 5.93. The topological polar surface area (TPSA) is 103 Å². The monoisotopic (exact) mass is 532 g/mol. The summed E-state index contributed by atoms with van der Waals surface area (Å²) in [5.74, 6) is -1.29. The van der Waals surface area contributed by atoms with Crippen LogP contribution in [0.2, 0.25) is 0 Å². The molecule has 1 atom stereocenters. The van der Waals surface area contributed by atoms with Crippen LogP contribution in [-0.4, -0.2) is 33.1 Å². The molecule has 0 saturated carbocycles. The first-order valence-corrected chi connectivity index (χ1v) is 13.4. The number of pyridine rings is 2. The van der Waals surface area contributed by atoms with Crippen molar-refractivity contribution >= 4 is 51.5 Å². The molecule has 0 spiro atoms. The number of carbonyl (C=O) groups excluding carboxylic acids is 2. The number of thiocarbonyl (C=S) groups is 1. The number of esters is 2. The van der Waals surface area contributed by atoms with Gasteiger partial charge in [-0.3, -0.25) is 9.59 Å². The molecule has 5 heterocycles. The summed E-state index contributed by atoms with van der Waals surface area (Å²) in [7, 11) is 0. The van der Waals surface area contributed by atoms with E-state index in [4.69, 9.17) is 26.7 Å². The molecular weight excluding hydrogens is 504 g/mol. The summed E-state index contributed by atoms with van der Waals surface area (Å²) < 4.78 is 12.6. The molecule has 0 bridgehead atoms. The lowest BCUT2D eigenvalue weighted by atomic mass is 9.85. The van der Waals surface area contributed by atoms with Crippen LogP contribution in [0.3, 0.4) is 0 Å². The molecule has 38 heavy (non-hydrogen) atoms. The fraction of sp³-hybridized carbons (Fsp3) is 0.393. The van der Waals surface area contributed by atoms with Crippen molar-refractivity contribution in [3.8, 4) is 11.4 Å². The second kappa shape index (κ2) is 8.90. The van der Waals surface area contributed by atoms with Gasteiger partial charge in [-0.2, -0.15) is 0 Å². The van der Waals surface area contributed by atoms with E-state index in [1.54, 1.807) is 17.6 Å². The third-order valence-corrected chi connectivity index (χ3v) is 8.03. The van der Waals surface area contributed by atoms with Gasteiger partial charge in [0.2, 0.25) is 5.60 Å². The highest BCUT2D eigenvalue weighted by molar-refractivity contribution is 7.80. The summed E-state index contributed by atoms with van der Waals surface area (Å²) in [6.07, 6.45) is 3.27. The molecule has 0 radical (unpaired) electrons. The Hall–Kier alpha value is -3.79. The lowest BCUT2D eigenvalue weighted by molar-refractivity contribution is -0.188. The minimum absolute atomic E-state index is 0.138. The Labute approximate surface area is 224 Å². The van der Waals surface area contributed by atoms with Crippen molar-refractivity contribution in [2.45, 2.75) is 65.2 Å². The summed E-state index contributed by atoms with van der Waals surface area (Å²) in [6.45, 7) is 6.03. The molecule has 1 aromatic carbocycles. The number of rotatable bonds is 6. The van der Waals surface area contributed by atoms with Crippen LogP contribution in [0, 0.1) is 0 Å². The van der Waals surface area contributed by atoms with Gasteiger partial charge in [-0.25, -0.2) is 9.78 Å². The highest BCUT2D eigenvalue weighted by atomic mass is 32.1. The number of hydrogen-bond donors (Lipinski definition) is 1. The van der Waals surface area contributed by atoms with Crippen molar-refractivity contribution in [2.75, 3.05) is 16.8 Å². The van der Waals surface area contributed by atoms with Gasteiger partial charge >= 0.3 is 11.9 Å². The molecular formula is C28H28N4O5S. The Morgan fingerprint density at radius 2 is 2.05 bits per heavy atom. The molecule has 3 aliphatic heterocycles. The molecule has 0 aliphatic carbocycles. The van der Waals surface area contributed by atoms with Crippen molar-refractivity contribution in [3.63, 3.8) is 0 Å². The predicted octanol–water partition coefficient (Wildman–Crippen LogP) is 4.36. The van der Waals surface area contributed by atoms with Crippen molar-refractivity contribution in [1.29, 1.82) is 0 Å². The first kappa shape index (κ1) is 24.5. The normalized spacial score (nSPS) is 19.0. The summed E-state index contributed by atoms with van der Waals surface area (Å²) >= 11 is 5.79. The minimum Gasteiger partial charge on any atom is -0.457 e. The first-order chi connectivity index (χ1) is 18.3. The van der Waals surface area contributed by atoms with Crippen LogP contribution >= 0.6 is 12.2 Å². The van der Waals surface area contributed by atoms with E-state index in [1.807, 2.05) is 18.2 Å². The molecule has 3 aromatic rings. The van der Waals surface area contributed by atoms with Crippen molar-refractivity contribution in [1.82, 2.24) is 9.55 Å². The van der Waals surface area contributed by atoms with E-state index < -0.39 is 17.5 Å². The molecule has 1 N–H and O–H groups in total. The molecule has 6 rings (SSSR count). The number of nitrogens with zero attached hydrogens (tertiary/aromatic N) is 3. The SMILES string of the molecule is CCCCCN1C(=S)Nc2cccc3nc4c(c1c23)Cn1c-4cc2c(c1=O)COC(=O)[C@@]2(CC)OC(C)=O. The van der Waals surface area contributed by atoms with Gasteiger partial charge in [-0.15, -0.1) is 0 Å². The Kier molecular flexibility index (Phi) is 5.75. The third kappa shape index (κ3) is 3.39. The van der Waals surface area contributed by atoms with E-state index in [2.05, 4.69) is 17.1 Å². The van der Waals surface area contributed by atoms with Crippen LogP contribution < -0.4 is 15.8 Å². The zero-order valence-electron chi connectivity index (χ0n) is 21.6. The quantitative estimate of drug-likeness (QED) is 0.220. The number of cyclic esters (lactones) is 1. The van der Waals surface area contributed by atoms with Crippen molar-refractivity contribution in [2.24, 2.45) is 0 Å². The van der Waals surface area contributed by atoms with Gasteiger partial charge in [-0.1, -0.05) is 32.8 Å². The average Bonchev–Trinajstić information content (AvgIpc) is 3.26. The molecule has 2 aromatic heterocycles. The summed E-state index contributed by atoms with van der Waals surface area (Å²) in [5, 5.41) is 4.95. The minimum atomic E-state index is -1.67. The van der Waals surface area contributed by atoms with Crippen LogP contribution in [0.15, 0.2) is 29.1 Å². The maximum absolute atomic E-state index is 13.9. The summed E-state index contributed by atoms with van der Waals surface area (Å²) in [6, 6.07) is 7.65. The van der Waals surface area contributed by atoms with Gasteiger partial charge in [0.15, 0.2) is 5.11 Å². The van der Waals surface area contributed by atoms with E-state index >= 15 is 0 Å². The van der Waals surface area contributed by atoms with Crippen LogP contribution in [0.25, 0.3) is 22.3 Å². The molecule has 196 valence electrons. The van der Waals surface area contributed by atoms with Gasteiger partial charge < -0.3 is 24.3 Å². The number of unbranched alkanes of at least 4 members (excludes halogenated alkanes) is 2. The van der Waals surface area contributed by atoms with Crippen LogP contribution in [0.4, 0.5) is 11.4 Å². The van der Waals surface area contributed by atoms with E-state index in [0.29, 0.717) is 34.2 Å². The number of hydrogen-bond acceptors (Lipinski definition) is 7. The van der Waals surface area contributed by atoms with Crippen LogP contribution in [0.5, 0.6) is 0 Å². The van der Waals surface area contributed by atoms with Crippen LogP contribution in [0.1, 0.15) is 63.1 Å². The molecule has 9 nitrogen and oxygen atoms in total. The van der Waals surface area contributed by atoms with Gasteiger partial charge in [0.25, 0.3) is 5.56 Å². The maximum atomic E-state index is 13.9. The Bertz CT molecular complexity index is 1610. The largest absolute Gasteiger partial charge is 0.457 e. The predicted molar refractivity (Wildman–Crippen MR) is 147 cm³/mol. The van der Waals surface area contributed by atoms with E-state index in [9.17, 15) is 14.4 Å². The molecule has 3 aliphatic rings. The highest BCUT2D eigenvalue weighted by Crippen LogP contribution is 2.47. The van der Waals surface area contributed by atoms with Crippen molar-refractivity contribution in [3.05, 3.63) is 51.3 Å². The Morgan fingerprint density at radius 1 is 1.24 bits per heavy atom. The number of fused-ring (bicyclic) bond motifs is 5. The Morgan fingerprint density at radius 3 is 2.79 bits per heavy atom. The summed E-state index contributed by atoms with van der Waals surface area (Å²) in [5.41, 5.74) is 3.55. The summed E-state index contributed by atoms with van der Waals surface area (Å²) in [4.78, 5) is 46.0. The lowest BCUT2D eigenvalue weighted by Gasteiger charge is -2.35. The molecule has 0 amide bonds. The number of nitrogens with one attached hydrogen (secondary N) is 1. The lowest BCUT2D eigenvalue weighted by Crippen LogP contribution is -2.47. The highest BCUT2D eigenvalue weighted by Gasteiger charge is 2.50. The van der Waals surface area contributed by atoms with Crippen molar-refractivity contribution < 1.29 is 19.1 Å². The van der Waals surface area contributed by atoms with Gasteiger partial charge in [0.05, 0.1) is 40.4 Å². The zero-order valence-corrected chi connectivity index (χ0v) is 22.4. The maximum Gasteiger partial charge on any atom is 0.355 e. The number of ether oxygens (including phenoxy) is 2. The van der Waals surface area contributed by atoms with Gasteiger partial charge in [-0.05, 0) is 43.3 Å². The average molecular weight is 533 g/mol. The molecule has 0 unspecified atom stereocenters. The zero-order chi connectivity index (χ0) is 26.8. The molecule has 10 heteroatoms. The van der Waals surface area contributed by atoms with E-state index in [0.717, 1.165) is 53.6 Å².